The fraction of sp³-hybridized carbons (Fsp3) is 0.273. The Balaban J connectivity index is 1.48. The topological polar surface area (TPSA) is 54.6 Å². The summed E-state index contributed by atoms with van der Waals surface area (Å²) < 4.78 is 11.1. The standard InChI is InChI=1S/C22H25NO3/c1-16(24)18-5-7-19(8-6-18)22-12-11-21(26-22)15-23-14-13-17-3-9-20(25-2)10-4-17/h3-12,16,23-24H,13-15H2,1-2H3. The number of rotatable bonds is 8. The Morgan fingerprint density at radius 1 is 1.00 bits per heavy atom. The van der Waals surface area contributed by atoms with E-state index in [1.54, 1.807) is 14.0 Å². The van der Waals surface area contributed by atoms with E-state index in [-0.39, 0.29) is 0 Å². The molecule has 0 amide bonds. The van der Waals surface area contributed by atoms with Crippen LogP contribution in [-0.4, -0.2) is 18.8 Å². The Labute approximate surface area is 154 Å². The van der Waals surface area contributed by atoms with Crippen molar-refractivity contribution in [3.05, 3.63) is 77.6 Å². The zero-order valence-corrected chi connectivity index (χ0v) is 15.2. The first kappa shape index (κ1) is 18.2. The molecule has 2 aromatic carbocycles. The summed E-state index contributed by atoms with van der Waals surface area (Å²) >= 11 is 0. The van der Waals surface area contributed by atoms with E-state index in [9.17, 15) is 5.11 Å². The lowest BCUT2D eigenvalue weighted by Crippen LogP contribution is -2.16. The molecule has 0 spiro atoms. The number of nitrogens with one attached hydrogen (secondary N) is 1. The highest BCUT2D eigenvalue weighted by atomic mass is 16.5. The molecule has 0 aliphatic rings. The zero-order valence-electron chi connectivity index (χ0n) is 15.2. The maximum Gasteiger partial charge on any atom is 0.134 e. The highest BCUT2D eigenvalue weighted by molar-refractivity contribution is 5.58. The second kappa shape index (κ2) is 8.70. The van der Waals surface area contributed by atoms with Gasteiger partial charge in [0.1, 0.15) is 17.3 Å². The minimum absolute atomic E-state index is 0.453. The Kier molecular flexibility index (Phi) is 6.10. The van der Waals surface area contributed by atoms with Gasteiger partial charge in [-0.3, -0.25) is 0 Å². The molecule has 1 heterocycles. The lowest BCUT2D eigenvalue weighted by Gasteiger charge is -2.05. The molecular weight excluding hydrogens is 326 g/mol. The van der Waals surface area contributed by atoms with Gasteiger partial charge in [0, 0.05) is 5.56 Å². The average molecular weight is 351 g/mol. The Morgan fingerprint density at radius 2 is 1.73 bits per heavy atom. The van der Waals surface area contributed by atoms with Crippen molar-refractivity contribution >= 4 is 0 Å². The minimum Gasteiger partial charge on any atom is -0.497 e. The number of hydrogen-bond acceptors (Lipinski definition) is 4. The predicted octanol–water partition coefficient (Wildman–Crippen LogP) is 4.34. The molecule has 3 rings (SSSR count). The SMILES string of the molecule is COc1ccc(CCNCc2ccc(-c3ccc(C(C)O)cc3)o2)cc1. The molecule has 1 aromatic heterocycles. The van der Waals surface area contributed by atoms with Crippen LogP contribution in [0.2, 0.25) is 0 Å². The summed E-state index contributed by atoms with van der Waals surface area (Å²) in [5.74, 6) is 2.63. The van der Waals surface area contributed by atoms with Crippen LogP contribution in [0.4, 0.5) is 0 Å². The van der Waals surface area contributed by atoms with E-state index in [1.807, 2.05) is 48.5 Å². The molecule has 26 heavy (non-hydrogen) atoms. The summed E-state index contributed by atoms with van der Waals surface area (Å²) in [6, 6.07) is 19.9. The molecule has 2 N–H and O–H groups in total. The zero-order chi connectivity index (χ0) is 18.4. The molecule has 1 atom stereocenters. The van der Waals surface area contributed by atoms with Crippen LogP contribution in [0.25, 0.3) is 11.3 Å². The monoisotopic (exact) mass is 351 g/mol. The van der Waals surface area contributed by atoms with Gasteiger partial charge in [0.25, 0.3) is 0 Å². The van der Waals surface area contributed by atoms with Crippen molar-refractivity contribution in [2.75, 3.05) is 13.7 Å². The number of ether oxygens (including phenoxy) is 1. The van der Waals surface area contributed by atoms with Gasteiger partial charge in [-0.2, -0.15) is 0 Å². The summed E-state index contributed by atoms with van der Waals surface area (Å²) in [6.07, 6.45) is 0.504. The summed E-state index contributed by atoms with van der Waals surface area (Å²) in [5.41, 5.74) is 3.19. The van der Waals surface area contributed by atoms with Crippen LogP contribution in [-0.2, 0) is 13.0 Å². The van der Waals surface area contributed by atoms with Crippen molar-refractivity contribution in [1.82, 2.24) is 5.32 Å². The fourth-order valence-electron chi connectivity index (χ4n) is 2.79. The first-order valence-electron chi connectivity index (χ1n) is 8.86. The maximum absolute atomic E-state index is 9.58. The summed E-state index contributed by atoms with van der Waals surface area (Å²) in [5, 5.41) is 13.0. The molecule has 0 saturated heterocycles. The molecular formula is C22H25NO3. The van der Waals surface area contributed by atoms with E-state index in [2.05, 4.69) is 17.4 Å². The summed E-state index contributed by atoms with van der Waals surface area (Å²) in [7, 11) is 1.68. The average Bonchev–Trinajstić information content (AvgIpc) is 3.15. The third kappa shape index (κ3) is 4.75. The molecule has 3 aromatic rings. The van der Waals surface area contributed by atoms with Gasteiger partial charge in [0.05, 0.1) is 19.8 Å². The molecule has 0 bridgehead atoms. The Bertz CT molecular complexity index is 804. The normalized spacial score (nSPS) is 12.1. The molecule has 0 aliphatic heterocycles. The van der Waals surface area contributed by atoms with Crippen molar-refractivity contribution in [1.29, 1.82) is 0 Å². The van der Waals surface area contributed by atoms with Crippen molar-refractivity contribution in [3.8, 4) is 17.1 Å². The van der Waals surface area contributed by atoms with Crippen LogP contribution in [0.3, 0.4) is 0 Å². The number of methoxy groups -OCH3 is 1. The van der Waals surface area contributed by atoms with Gasteiger partial charge in [0.2, 0.25) is 0 Å². The maximum atomic E-state index is 9.58. The molecule has 4 heteroatoms. The largest absolute Gasteiger partial charge is 0.497 e. The van der Waals surface area contributed by atoms with Gasteiger partial charge in [0.15, 0.2) is 0 Å². The number of benzene rings is 2. The number of furan rings is 1. The molecule has 136 valence electrons. The van der Waals surface area contributed by atoms with Gasteiger partial charge in [-0.1, -0.05) is 36.4 Å². The van der Waals surface area contributed by atoms with Crippen molar-refractivity contribution < 1.29 is 14.3 Å². The van der Waals surface area contributed by atoms with Gasteiger partial charge in [-0.15, -0.1) is 0 Å². The summed E-state index contributed by atoms with van der Waals surface area (Å²) in [4.78, 5) is 0. The van der Waals surface area contributed by atoms with E-state index in [0.29, 0.717) is 6.54 Å². The quantitative estimate of drug-likeness (QED) is 0.593. The molecule has 4 nitrogen and oxygen atoms in total. The second-order valence-corrected chi connectivity index (χ2v) is 6.34. The van der Waals surface area contributed by atoms with Gasteiger partial charge < -0.3 is 19.6 Å². The first-order valence-corrected chi connectivity index (χ1v) is 8.86. The highest BCUT2D eigenvalue weighted by Crippen LogP contribution is 2.24. The number of aliphatic hydroxyl groups excluding tert-OH is 1. The second-order valence-electron chi connectivity index (χ2n) is 6.34. The first-order chi connectivity index (χ1) is 12.7. The smallest absolute Gasteiger partial charge is 0.134 e. The predicted molar refractivity (Wildman–Crippen MR) is 103 cm³/mol. The fourth-order valence-corrected chi connectivity index (χ4v) is 2.79. The molecule has 0 radical (unpaired) electrons. The lowest BCUT2D eigenvalue weighted by molar-refractivity contribution is 0.199. The van der Waals surface area contributed by atoms with Crippen LogP contribution >= 0.6 is 0 Å². The minimum atomic E-state index is -0.453. The van der Waals surface area contributed by atoms with Crippen LogP contribution < -0.4 is 10.1 Å². The molecule has 1 unspecified atom stereocenters. The van der Waals surface area contributed by atoms with E-state index in [0.717, 1.165) is 41.4 Å². The van der Waals surface area contributed by atoms with E-state index >= 15 is 0 Å². The Hall–Kier alpha value is -2.56. The number of hydrogen-bond donors (Lipinski definition) is 2. The van der Waals surface area contributed by atoms with Gasteiger partial charge >= 0.3 is 0 Å². The molecule has 0 aliphatic carbocycles. The van der Waals surface area contributed by atoms with Crippen LogP contribution in [0.5, 0.6) is 5.75 Å². The van der Waals surface area contributed by atoms with E-state index in [4.69, 9.17) is 9.15 Å². The van der Waals surface area contributed by atoms with Crippen molar-refractivity contribution in [3.63, 3.8) is 0 Å². The summed E-state index contributed by atoms with van der Waals surface area (Å²) in [6.45, 7) is 3.34. The van der Waals surface area contributed by atoms with Crippen molar-refractivity contribution in [2.24, 2.45) is 0 Å². The number of aliphatic hydroxyl groups is 1. The van der Waals surface area contributed by atoms with E-state index in [1.165, 1.54) is 5.56 Å². The third-order valence-corrected chi connectivity index (χ3v) is 4.39. The van der Waals surface area contributed by atoms with Crippen molar-refractivity contribution in [2.45, 2.75) is 26.0 Å². The van der Waals surface area contributed by atoms with Gasteiger partial charge in [-0.25, -0.2) is 0 Å². The molecule has 0 saturated carbocycles. The van der Waals surface area contributed by atoms with Crippen LogP contribution in [0.1, 0.15) is 29.9 Å². The lowest BCUT2D eigenvalue weighted by atomic mass is 10.1. The van der Waals surface area contributed by atoms with Crippen LogP contribution in [0, 0.1) is 0 Å². The highest BCUT2D eigenvalue weighted by Gasteiger charge is 2.06. The molecule has 0 fully saturated rings. The Morgan fingerprint density at radius 3 is 2.38 bits per heavy atom. The van der Waals surface area contributed by atoms with Crippen LogP contribution in [0.15, 0.2) is 65.1 Å². The van der Waals surface area contributed by atoms with E-state index < -0.39 is 6.10 Å². The van der Waals surface area contributed by atoms with Gasteiger partial charge in [-0.05, 0) is 55.3 Å². The third-order valence-electron chi connectivity index (χ3n) is 4.39.